The number of morpholine rings is 1. The molecule has 1 unspecified atom stereocenters. The molecule has 1 N–H and O–H groups in total. The summed E-state index contributed by atoms with van der Waals surface area (Å²) in [5.74, 6) is 0.766. The first kappa shape index (κ1) is 13.8. The highest BCUT2D eigenvalue weighted by atomic mass is 16.5. The van der Waals surface area contributed by atoms with E-state index in [9.17, 15) is 4.79 Å². The van der Waals surface area contributed by atoms with Crippen molar-refractivity contribution in [2.45, 2.75) is 19.1 Å². The van der Waals surface area contributed by atoms with Crippen LogP contribution >= 0.6 is 0 Å². The summed E-state index contributed by atoms with van der Waals surface area (Å²) in [4.78, 5) is 13.6. The van der Waals surface area contributed by atoms with Gasteiger partial charge in [0.1, 0.15) is 12.4 Å². The maximum atomic E-state index is 11.8. The number of hydrogen-bond acceptors (Lipinski definition) is 4. The zero-order chi connectivity index (χ0) is 13.7. The van der Waals surface area contributed by atoms with Crippen LogP contribution in [-0.2, 0) is 16.1 Å². The van der Waals surface area contributed by atoms with Gasteiger partial charge in [-0.15, -0.1) is 0 Å². The van der Waals surface area contributed by atoms with Crippen molar-refractivity contribution in [2.24, 2.45) is 0 Å². The van der Waals surface area contributed by atoms with Crippen molar-refractivity contribution >= 4 is 5.91 Å². The largest absolute Gasteiger partial charge is 0.497 e. The number of aliphatic hydroxyl groups is 1. The summed E-state index contributed by atoms with van der Waals surface area (Å²) in [5.41, 5.74) is 1.03. The van der Waals surface area contributed by atoms with Gasteiger partial charge >= 0.3 is 0 Å². The number of rotatable bonds is 5. The summed E-state index contributed by atoms with van der Waals surface area (Å²) in [7, 11) is 1.62. The molecule has 1 saturated heterocycles. The lowest BCUT2D eigenvalue weighted by Gasteiger charge is -2.32. The van der Waals surface area contributed by atoms with Gasteiger partial charge in [0.2, 0.25) is 5.91 Å². The molecule has 2 rings (SSSR count). The van der Waals surface area contributed by atoms with Gasteiger partial charge in [-0.1, -0.05) is 12.1 Å². The van der Waals surface area contributed by atoms with E-state index in [2.05, 4.69) is 0 Å². The Hall–Kier alpha value is -1.59. The topological polar surface area (TPSA) is 59.0 Å². The highest BCUT2D eigenvalue weighted by molar-refractivity contribution is 5.78. The van der Waals surface area contributed by atoms with Crippen LogP contribution in [-0.4, -0.2) is 48.9 Å². The lowest BCUT2D eigenvalue weighted by molar-refractivity contribution is -0.150. The van der Waals surface area contributed by atoms with Gasteiger partial charge in [-0.2, -0.15) is 0 Å². The molecule has 1 heterocycles. The second-order valence-corrected chi connectivity index (χ2v) is 4.57. The minimum absolute atomic E-state index is 0.0167. The van der Waals surface area contributed by atoms with E-state index in [1.807, 2.05) is 24.3 Å². The van der Waals surface area contributed by atoms with Crippen LogP contribution in [0.1, 0.15) is 12.0 Å². The summed E-state index contributed by atoms with van der Waals surface area (Å²) in [5, 5.41) is 8.93. The van der Waals surface area contributed by atoms with Gasteiger partial charge in [0, 0.05) is 19.7 Å². The van der Waals surface area contributed by atoms with E-state index in [-0.39, 0.29) is 25.2 Å². The highest BCUT2D eigenvalue weighted by Gasteiger charge is 2.25. The van der Waals surface area contributed by atoms with E-state index in [4.69, 9.17) is 14.6 Å². The zero-order valence-corrected chi connectivity index (χ0v) is 11.0. The molecular weight excluding hydrogens is 246 g/mol. The van der Waals surface area contributed by atoms with Gasteiger partial charge in [-0.05, 0) is 24.1 Å². The highest BCUT2D eigenvalue weighted by Crippen LogP contribution is 2.17. The van der Waals surface area contributed by atoms with E-state index in [0.29, 0.717) is 19.5 Å². The van der Waals surface area contributed by atoms with Gasteiger partial charge in [0.15, 0.2) is 0 Å². The summed E-state index contributed by atoms with van der Waals surface area (Å²) in [6.07, 6.45) is 0.482. The molecule has 0 saturated carbocycles. The Morgan fingerprint density at radius 3 is 3.11 bits per heavy atom. The second-order valence-electron chi connectivity index (χ2n) is 4.57. The smallest absolute Gasteiger partial charge is 0.248 e. The van der Waals surface area contributed by atoms with Crippen LogP contribution in [0.3, 0.4) is 0 Å². The summed E-state index contributed by atoms with van der Waals surface area (Å²) < 4.78 is 10.5. The Bertz CT molecular complexity index is 435. The monoisotopic (exact) mass is 265 g/mol. The third-order valence-electron chi connectivity index (χ3n) is 3.18. The second kappa shape index (κ2) is 6.54. The molecule has 1 amide bonds. The van der Waals surface area contributed by atoms with Crippen molar-refractivity contribution in [1.82, 2.24) is 4.90 Å². The number of methoxy groups -OCH3 is 1. The quantitative estimate of drug-likeness (QED) is 0.855. The summed E-state index contributed by atoms with van der Waals surface area (Å²) in [6, 6.07) is 7.67. The van der Waals surface area contributed by atoms with Crippen LogP contribution in [0.25, 0.3) is 0 Å². The fraction of sp³-hybridized carbons (Fsp3) is 0.500. The first-order chi connectivity index (χ1) is 9.22. The van der Waals surface area contributed by atoms with E-state index in [1.165, 1.54) is 0 Å². The minimum Gasteiger partial charge on any atom is -0.497 e. The Balaban J connectivity index is 2.01. The average Bonchev–Trinajstić information content (AvgIpc) is 2.43. The molecule has 104 valence electrons. The number of hydrogen-bond donors (Lipinski definition) is 1. The van der Waals surface area contributed by atoms with Crippen LogP contribution in [0.2, 0.25) is 0 Å². The molecule has 0 bridgehead atoms. The van der Waals surface area contributed by atoms with Crippen LogP contribution in [0.15, 0.2) is 24.3 Å². The molecule has 1 aliphatic rings. The molecule has 1 aromatic carbocycles. The first-order valence-electron chi connectivity index (χ1n) is 6.36. The third kappa shape index (κ3) is 3.68. The number of carbonyl (C=O) groups excluding carboxylic acids is 1. The van der Waals surface area contributed by atoms with Gasteiger partial charge < -0.3 is 19.5 Å². The van der Waals surface area contributed by atoms with Crippen molar-refractivity contribution in [3.8, 4) is 5.75 Å². The fourth-order valence-corrected chi connectivity index (χ4v) is 2.14. The number of carbonyl (C=O) groups is 1. The Kier molecular flexibility index (Phi) is 4.76. The van der Waals surface area contributed by atoms with Crippen LogP contribution in [0, 0.1) is 0 Å². The molecule has 1 aromatic rings. The number of nitrogens with zero attached hydrogens (tertiary/aromatic N) is 1. The lowest BCUT2D eigenvalue weighted by Crippen LogP contribution is -2.46. The Morgan fingerprint density at radius 1 is 1.53 bits per heavy atom. The molecule has 1 aliphatic heterocycles. The Labute approximate surface area is 112 Å². The number of aliphatic hydroxyl groups excluding tert-OH is 1. The predicted molar refractivity (Wildman–Crippen MR) is 69.9 cm³/mol. The van der Waals surface area contributed by atoms with Crippen molar-refractivity contribution in [2.75, 3.05) is 26.9 Å². The van der Waals surface area contributed by atoms with Gasteiger partial charge in [-0.25, -0.2) is 0 Å². The van der Waals surface area contributed by atoms with E-state index < -0.39 is 0 Å². The number of amides is 1. The zero-order valence-electron chi connectivity index (χ0n) is 11.0. The molecule has 5 nitrogen and oxygen atoms in total. The van der Waals surface area contributed by atoms with Crippen molar-refractivity contribution in [3.63, 3.8) is 0 Å². The standard InChI is InChI=1S/C14H19NO4/c1-18-12-4-2-3-11(7-12)8-15-9-13(5-6-16)19-10-14(15)17/h2-4,7,13,16H,5-6,8-10H2,1H3. The van der Waals surface area contributed by atoms with Crippen molar-refractivity contribution < 1.29 is 19.4 Å². The molecular formula is C14H19NO4. The van der Waals surface area contributed by atoms with Gasteiger partial charge in [0.05, 0.1) is 13.2 Å². The third-order valence-corrected chi connectivity index (χ3v) is 3.18. The maximum Gasteiger partial charge on any atom is 0.248 e. The van der Waals surface area contributed by atoms with Crippen molar-refractivity contribution in [3.05, 3.63) is 29.8 Å². The SMILES string of the molecule is COc1cccc(CN2CC(CCO)OCC2=O)c1. The van der Waals surface area contributed by atoms with Gasteiger partial charge in [-0.3, -0.25) is 4.79 Å². The molecule has 1 fully saturated rings. The first-order valence-corrected chi connectivity index (χ1v) is 6.36. The van der Waals surface area contributed by atoms with Crippen LogP contribution in [0.5, 0.6) is 5.75 Å². The van der Waals surface area contributed by atoms with E-state index in [1.54, 1.807) is 12.0 Å². The summed E-state index contributed by atoms with van der Waals surface area (Å²) >= 11 is 0. The molecule has 5 heteroatoms. The van der Waals surface area contributed by atoms with Gasteiger partial charge in [0.25, 0.3) is 0 Å². The predicted octanol–water partition coefficient (Wildman–Crippen LogP) is 0.805. The van der Waals surface area contributed by atoms with Crippen molar-refractivity contribution in [1.29, 1.82) is 0 Å². The van der Waals surface area contributed by atoms with E-state index >= 15 is 0 Å². The van der Waals surface area contributed by atoms with Crippen LogP contribution in [0.4, 0.5) is 0 Å². The van der Waals surface area contributed by atoms with E-state index in [0.717, 1.165) is 11.3 Å². The minimum atomic E-state index is -0.0756. The molecule has 0 radical (unpaired) electrons. The lowest BCUT2D eigenvalue weighted by atomic mass is 10.1. The average molecular weight is 265 g/mol. The number of ether oxygens (including phenoxy) is 2. The Morgan fingerprint density at radius 2 is 2.37 bits per heavy atom. The number of benzene rings is 1. The maximum absolute atomic E-state index is 11.8. The fourth-order valence-electron chi connectivity index (χ4n) is 2.14. The summed E-state index contributed by atoms with van der Waals surface area (Å²) in [6.45, 7) is 1.23. The molecule has 19 heavy (non-hydrogen) atoms. The molecule has 0 aliphatic carbocycles. The molecule has 1 atom stereocenters. The van der Waals surface area contributed by atoms with Crippen LogP contribution < -0.4 is 4.74 Å². The molecule has 0 spiro atoms. The molecule has 0 aromatic heterocycles. The normalized spacial score (nSPS) is 19.6.